The summed E-state index contributed by atoms with van der Waals surface area (Å²) in [5, 5.41) is 2.41. The maximum absolute atomic E-state index is 13.0. The fourth-order valence-corrected chi connectivity index (χ4v) is 3.64. The molecule has 0 aliphatic carbocycles. The van der Waals surface area contributed by atoms with Gasteiger partial charge in [0.2, 0.25) is 5.91 Å². The smallest absolute Gasteiger partial charge is 0.331 e. The summed E-state index contributed by atoms with van der Waals surface area (Å²) in [5.41, 5.74) is 1.72. The number of hydrogen-bond acceptors (Lipinski definition) is 5. The quantitative estimate of drug-likeness (QED) is 0.481. The second-order valence-corrected chi connectivity index (χ2v) is 7.76. The van der Waals surface area contributed by atoms with E-state index in [0.29, 0.717) is 6.29 Å². The Morgan fingerprint density at radius 3 is 1.88 bits per heavy atom. The van der Waals surface area contributed by atoms with Gasteiger partial charge >= 0.3 is 7.60 Å². The molecule has 0 saturated heterocycles. The van der Waals surface area contributed by atoms with E-state index in [2.05, 4.69) is 5.32 Å². The van der Waals surface area contributed by atoms with Gasteiger partial charge < -0.3 is 19.2 Å². The molecule has 0 atom stereocenters. The molecule has 2 aromatic carbocycles. The van der Waals surface area contributed by atoms with Crippen molar-refractivity contribution in [2.75, 3.05) is 12.7 Å². The highest BCUT2D eigenvalue weighted by Gasteiger charge is 2.26. The molecule has 7 heteroatoms. The average molecular weight is 375 g/mol. The van der Waals surface area contributed by atoms with E-state index in [4.69, 9.17) is 9.05 Å². The third kappa shape index (κ3) is 7.31. The predicted molar refractivity (Wildman–Crippen MR) is 98.6 cm³/mol. The van der Waals surface area contributed by atoms with E-state index >= 15 is 0 Å². The summed E-state index contributed by atoms with van der Waals surface area (Å²) in [6.45, 7) is 0.185. The van der Waals surface area contributed by atoms with Crippen LogP contribution < -0.4 is 5.32 Å². The molecule has 1 N–H and O–H groups in total. The molecule has 0 aromatic heterocycles. The summed E-state index contributed by atoms with van der Waals surface area (Å²) in [5.74, 6) is -0.371. The van der Waals surface area contributed by atoms with Crippen LogP contribution in [0.1, 0.15) is 17.5 Å². The first-order valence-electron chi connectivity index (χ1n) is 8.27. The number of aldehydes is 1. The Morgan fingerprint density at radius 2 is 1.42 bits per heavy atom. The Morgan fingerprint density at radius 1 is 0.923 bits per heavy atom. The first kappa shape index (κ1) is 20.0. The summed E-state index contributed by atoms with van der Waals surface area (Å²) in [7, 11) is -3.49. The van der Waals surface area contributed by atoms with E-state index in [1.54, 1.807) is 0 Å². The van der Waals surface area contributed by atoms with E-state index < -0.39 is 7.60 Å². The van der Waals surface area contributed by atoms with E-state index in [9.17, 15) is 14.2 Å². The number of benzene rings is 2. The Kier molecular flexibility index (Phi) is 8.22. The fourth-order valence-electron chi connectivity index (χ4n) is 2.14. The maximum atomic E-state index is 13.0. The van der Waals surface area contributed by atoms with Crippen molar-refractivity contribution in [3.8, 4) is 0 Å². The summed E-state index contributed by atoms with van der Waals surface area (Å²) in [6, 6.07) is 18.7. The molecule has 6 nitrogen and oxygen atoms in total. The van der Waals surface area contributed by atoms with Crippen LogP contribution in [0.4, 0.5) is 0 Å². The first-order chi connectivity index (χ1) is 12.6. The highest BCUT2D eigenvalue weighted by atomic mass is 31.2. The van der Waals surface area contributed by atoms with Gasteiger partial charge in [0.1, 0.15) is 6.29 Å². The van der Waals surface area contributed by atoms with Gasteiger partial charge in [0, 0.05) is 6.42 Å². The van der Waals surface area contributed by atoms with Gasteiger partial charge in [-0.15, -0.1) is 0 Å². The van der Waals surface area contributed by atoms with E-state index in [1.165, 1.54) is 0 Å². The molecular weight excluding hydrogens is 353 g/mol. The maximum Gasteiger partial charge on any atom is 0.331 e. The molecule has 0 unspecified atom stereocenters. The minimum absolute atomic E-state index is 0.0469. The lowest BCUT2D eigenvalue weighted by Crippen LogP contribution is -2.25. The third-order valence-corrected chi connectivity index (χ3v) is 5.35. The highest BCUT2D eigenvalue weighted by molar-refractivity contribution is 7.53. The molecule has 138 valence electrons. The van der Waals surface area contributed by atoms with Gasteiger partial charge in [0.15, 0.2) is 0 Å². The third-order valence-electron chi connectivity index (χ3n) is 3.54. The van der Waals surface area contributed by atoms with Crippen LogP contribution in [-0.4, -0.2) is 24.9 Å². The molecule has 0 spiro atoms. The van der Waals surface area contributed by atoms with Crippen molar-refractivity contribution < 1.29 is 23.2 Å². The normalized spacial score (nSPS) is 11.1. The van der Waals surface area contributed by atoms with Crippen molar-refractivity contribution in [1.29, 1.82) is 0 Å². The Bertz CT molecular complexity index is 689. The molecule has 1 amide bonds. The van der Waals surface area contributed by atoms with Gasteiger partial charge in [-0.25, -0.2) is 0 Å². The van der Waals surface area contributed by atoms with E-state index in [1.807, 2.05) is 60.7 Å². The van der Waals surface area contributed by atoms with Crippen molar-refractivity contribution in [3.63, 3.8) is 0 Å². The molecule has 0 aliphatic heterocycles. The van der Waals surface area contributed by atoms with Crippen LogP contribution in [0.15, 0.2) is 60.7 Å². The van der Waals surface area contributed by atoms with Gasteiger partial charge in [-0.2, -0.15) is 0 Å². The van der Waals surface area contributed by atoms with Crippen molar-refractivity contribution in [1.82, 2.24) is 5.32 Å². The number of amides is 1. The van der Waals surface area contributed by atoms with Crippen molar-refractivity contribution in [3.05, 3.63) is 71.8 Å². The first-order valence-corrected chi connectivity index (χ1v) is 10.0. The van der Waals surface area contributed by atoms with Crippen LogP contribution in [0.2, 0.25) is 0 Å². The molecule has 0 saturated carbocycles. The summed E-state index contributed by atoms with van der Waals surface area (Å²) in [6.07, 6.45) is 0.487. The zero-order valence-corrected chi connectivity index (χ0v) is 15.3. The average Bonchev–Trinajstić information content (AvgIpc) is 2.69. The summed E-state index contributed by atoms with van der Waals surface area (Å²) < 4.78 is 24.2. The van der Waals surface area contributed by atoms with Crippen LogP contribution in [0, 0.1) is 0 Å². The van der Waals surface area contributed by atoms with Gasteiger partial charge in [-0.3, -0.25) is 9.36 Å². The Labute approximate surface area is 153 Å². The molecule has 0 heterocycles. The van der Waals surface area contributed by atoms with Crippen LogP contribution >= 0.6 is 7.60 Å². The fraction of sp³-hybridized carbons (Fsp3) is 0.263. The summed E-state index contributed by atoms with van der Waals surface area (Å²) in [4.78, 5) is 22.0. The minimum Gasteiger partial charge on any atom is -0.349 e. The second kappa shape index (κ2) is 10.7. The molecule has 0 radical (unpaired) electrons. The molecule has 0 bridgehead atoms. The standard InChI is InChI=1S/C19H22NO5P/c21-13-12-20-19(22)11-14-26(23,24-15-17-7-3-1-4-8-17)25-16-18-9-5-2-6-10-18/h1-10,13H,11-12,14-16H2,(H,20,22). The van der Waals surface area contributed by atoms with Crippen LogP contribution in [0.3, 0.4) is 0 Å². The number of rotatable bonds is 11. The Balaban J connectivity index is 1.97. The second-order valence-electron chi connectivity index (χ2n) is 5.57. The lowest BCUT2D eigenvalue weighted by atomic mass is 10.2. The largest absolute Gasteiger partial charge is 0.349 e. The van der Waals surface area contributed by atoms with Gasteiger partial charge in [0.25, 0.3) is 0 Å². The summed E-state index contributed by atoms with van der Waals surface area (Å²) >= 11 is 0. The van der Waals surface area contributed by atoms with Crippen molar-refractivity contribution in [2.45, 2.75) is 19.6 Å². The van der Waals surface area contributed by atoms with Crippen molar-refractivity contribution >= 4 is 19.8 Å². The van der Waals surface area contributed by atoms with Crippen LogP contribution in [-0.2, 0) is 36.4 Å². The van der Waals surface area contributed by atoms with Crippen LogP contribution in [0.25, 0.3) is 0 Å². The molecule has 26 heavy (non-hydrogen) atoms. The number of hydrogen-bond donors (Lipinski definition) is 1. The van der Waals surface area contributed by atoms with E-state index in [-0.39, 0.29) is 38.2 Å². The van der Waals surface area contributed by atoms with Crippen LogP contribution in [0.5, 0.6) is 0 Å². The lowest BCUT2D eigenvalue weighted by Gasteiger charge is -2.18. The van der Waals surface area contributed by atoms with Gasteiger partial charge in [-0.05, 0) is 11.1 Å². The molecule has 2 aromatic rings. The van der Waals surface area contributed by atoms with Gasteiger partial charge in [-0.1, -0.05) is 60.7 Å². The van der Waals surface area contributed by atoms with Gasteiger partial charge in [0.05, 0.1) is 25.9 Å². The lowest BCUT2D eigenvalue weighted by molar-refractivity contribution is -0.122. The monoisotopic (exact) mass is 375 g/mol. The zero-order chi connectivity index (χ0) is 18.7. The molecular formula is C19H22NO5P. The van der Waals surface area contributed by atoms with Crippen molar-refractivity contribution in [2.24, 2.45) is 0 Å². The SMILES string of the molecule is O=CCNC(=O)CCP(=O)(OCc1ccccc1)OCc1ccccc1. The number of carbonyl (C=O) groups excluding carboxylic acids is 2. The predicted octanol–water partition coefficient (Wildman–Crippen LogP) is 3.32. The minimum atomic E-state index is -3.49. The zero-order valence-electron chi connectivity index (χ0n) is 14.4. The number of nitrogens with one attached hydrogen (secondary N) is 1. The molecule has 0 fully saturated rings. The number of carbonyl (C=O) groups is 2. The highest BCUT2D eigenvalue weighted by Crippen LogP contribution is 2.50. The molecule has 0 aliphatic rings. The Hall–Kier alpha value is -2.27. The molecule has 2 rings (SSSR count). The topological polar surface area (TPSA) is 81.7 Å². The van der Waals surface area contributed by atoms with E-state index in [0.717, 1.165) is 11.1 Å².